The van der Waals surface area contributed by atoms with E-state index in [-0.39, 0.29) is 0 Å². The zero-order chi connectivity index (χ0) is 11.5. The van der Waals surface area contributed by atoms with Crippen LogP contribution in [0, 0.1) is 5.92 Å². The molecule has 2 nitrogen and oxygen atoms in total. The molecule has 1 aromatic carbocycles. The van der Waals surface area contributed by atoms with Gasteiger partial charge in [0, 0.05) is 13.1 Å². The molecule has 0 bridgehead atoms. The first-order valence-corrected chi connectivity index (χ1v) is 6.34. The topological polar surface area (TPSA) is 29.3 Å². The van der Waals surface area contributed by atoms with Crippen molar-refractivity contribution in [1.29, 1.82) is 0 Å². The van der Waals surface area contributed by atoms with Crippen molar-refractivity contribution in [2.75, 3.05) is 13.1 Å². The summed E-state index contributed by atoms with van der Waals surface area (Å²) in [6.45, 7) is 1.98. The number of piperidine rings is 1. The average Bonchev–Trinajstić information content (AvgIpc) is 2.27. The fraction of sp³-hybridized carbons (Fsp3) is 0.500. The zero-order valence-corrected chi connectivity index (χ0v) is 10.6. The molecule has 2 N–H and O–H groups in total. The number of rotatable bonds is 2. The molecule has 0 saturated carbocycles. The molecule has 0 amide bonds. The number of nitrogens with two attached hydrogens (primary N) is 1. The summed E-state index contributed by atoms with van der Waals surface area (Å²) in [5.74, 6) is 6.45. The van der Waals surface area contributed by atoms with Crippen LogP contribution < -0.4 is 5.84 Å². The van der Waals surface area contributed by atoms with E-state index < -0.39 is 0 Å². The molecule has 0 aromatic heterocycles. The lowest BCUT2D eigenvalue weighted by Gasteiger charge is -2.28. The summed E-state index contributed by atoms with van der Waals surface area (Å²) in [4.78, 5) is 0. The molecule has 88 valence electrons. The second kappa shape index (κ2) is 5.37. The summed E-state index contributed by atoms with van der Waals surface area (Å²) in [7, 11) is 0. The number of benzene rings is 1. The van der Waals surface area contributed by atoms with E-state index in [9.17, 15) is 0 Å². The minimum Gasteiger partial charge on any atom is -0.269 e. The van der Waals surface area contributed by atoms with Crippen molar-refractivity contribution >= 4 is 23.2 Å². The summed E-state index contributed by atoms with van der Waals surface area (Å²) in [6.07, 6.45) is 3.40. The third kappa shape index (κ3) is 3.11. The molecule has 1 aliphatic rings. The van der Waals surface area contributed by atoms with Gasteiger partial charge in [0.15, 0.2) is 0 Å². The van der Waals surface area contributed by atoms with Crippen LogP contribution in [0.5, 0.6) is 0 Å². The number of halogens is 2. The fourth-order valence-electron chi connectivity index (χ4n) is 2.16. The molecule has 1 heterocycles. The highest BCUT2D eigenvalue weighted by molar-refractivity contribution is 6.42. The number of hydrazine groups is 1. The average molecular weight is 259 g/mol. The Labute approximate surface area is 106 Å². The van der Waals surface area contributed by atoms with Crippen LogP contribution in [0.25, 0.3) is 0 Å². The second-order valence-corrected chi connectivity index (χ2v) is 5.25. The normalized spacial score (nSPS) is 18.9. The van der Waals surface area contributed by atoms with E-state index in [0.717, 1.165) is 38.3 Å². The van der Waals surface area contributed by atoms with Crippen LogP contribution in [0.15, 0.2) is 18.2 Å². The number of hydrogen-bond acceptors (Lipinski definition) is 2. The van der Waals surface area contributed by atoms with Crippen molar-refractivity contribution in [3.8, 4) is 0 Å². The minimum atomic E-state index is 0.627. The van der Waals surface area contributed by atoms with Crippen LogP contribution in [-0.4, -0.2) is 18.1 Å². The third-order valence-corrected chi connectivity index (χ3v) is 3.90. The Balaban J connectivity index is 1.96. The smallest absolute Gasteiger partial charge is 0.0595 e. The molecule has 0 unspecified atom stereocenters. The van der Waals surface area contributed by atoms with Crippen LogP contribution in [0.3, 0.4) is 0 Å². The number of hydrogen-bond donors (Lipinski definition) is 1. The van der Waals surface area contributed by atoms with Gasteiger partial charge in [-0.25, -0.2) is 5.01 Å². The van der Waals surface area contributed by atoms with Gasteiger partial charge >= 0.3 is 0 Å². The van der Waals surface area contributed by atoms with Crippen LogP contribution in [0.2, 0.25) is 10.0 Å². The maximum Gasteiger partial charge on any atom is 0.0595 e. The SMILES string of the molecule is NN1CCC(Cc2ccc(Cl)c(Cl)c2)CC1. The highest BCUT2D eigenvalue weighted by Crippen LogP contribution is 2.26. The molecule has 2 rings (SSSR count). The van der Waals surface area contributed by atoms with E-state index in [1.165, 1.54) is 5.56 Å². The van der Waals surface area contributed by atoms with Crippen LogP contribution in [0.1, 0.15) is 18.4 Å². The quantitative estimate of drug-likeness (QED) is 0.827. The molecule has 1 saturated heterocycles. The monoisotopic (exact) mass is 258 g/mol. The van der Waals surface area contributed by atoms with Crippen molar-refractivity contribution in [3.63, 3.8) is 0 Å². The molecule has 1 aromatic rings. The highest BCUT2D eigenvalue weighted by Gasteiger charge is 2.17. The van der Waals surface area contributed by atoms with Gasteiger partial charge in [-0.05, 0) is 42.9 Å². The third-order valence-electron chi connectivity index (χ3n) is 3.16. The standard InChI is InChI=1S/C12H16Cl2N2/c13-11-2-1-10(8-12(11)14)7-9-3-5-16(15)6-4-9/h1-2,8-9H,3-7,15H2. The van der Waals surface area contributed by atoms with Crippen molar-refractivity contribution in [3.05, 3.63) is 33.8 Å². The fourth-order valence-corrected chi connectivity index (χ4v) is 2.48. The van der Waals surface area contributed by atoms with Crippen molar-refractivity contribution in [1.82, 2.24) is 5.01 Å². The van der Waals surface area contributed by atoms with E-state index in [4.69, 9.17) is 29.0 Å². The molecular weight excluding hydrogens is 243 g/mol. The van der Waals surface area contributed by atoms with E-state index in [2.05, 4.69) is 6.07 Å². The largest absolute Gasteiger partial charge is 0.269 e. The lowest BCUT2D eigenvalue weighted by Crippen LogP contribution is -2.39. The van der Waals surface area contributed by atoms with Crippen LogP contribution in [0.4, 0.5) is 0 Å². The lowest BCUT2D eigenvalue weighted by molar-refractivity contribution is 0.187. The van der Waals surface area contributed by atoms with Gasteiger partial charge in [0.1, 0.15) is 0 Å². The minimum absolute atomic E-state index is 0.627. The Morgan fingerprint density at radius 1 is 1.19 bits per heavy atom. The Morgan fingerprint density at radius 3 is 2.50 bits per heavy atom. The molecule has 1 fully saturated rings. The second-order valence-electron chi connectivity index (χ2n) is 4.43. The summed E-state index contributed by atoms with van der Waals surface area (Å²) < 4.78 is 0. The summed E-state index contributed by atoms with van der Waals surface area (Å²) in [6, 6.07) is 5.90. The molecule has 0 spiro atoms. The van der Waals surface area contributed by atoms with Gasteiger partial charge in [0.25, 0.3) is 0 Å². The molecule has 0 atom stereocenters. The summed E-state index contributed by atoms with van der Waals surface area (Å²) >= 11 is 11.9. The van der Waals surface area contributed by atoms with E-state index >= 15 is 0 Å². The highest BCUT2D eigenvalue weighted by atomic mass is 35.5. The molecule has 4 heteroatoms. The van der Waals surface area contributed by atoms with Gasteiger partial charge in [0.2, 0.25) is 0 Å². The van der Waals surface area contributed by atoms with Crippen LogP contribution >= 0.6 is 23.2 Å². The molecule has 16 heavy (non-hydrogen) atoms. The van der Waals surface area contributed by atoms with Gasteiger partial charge in [0.05, 0.1) is 10.0 Å². The maximum atomic E-state index is 5.99. The van der Waals surface area contributed by atoms with E-state index in [0.29, 0.717) is 10.0 Å². The van der Waals surface area contributed by atoms with E-state index in [1.54, 1.807) is 0 Å². The zero-order valence-electron chi connectivity index (χ0n) is 9.13. The van der Waals surface area contributed by atoms with Crippen LogP contribution in [-0.2, 0) is 6.42 Å². The van der Waals surface area contributed by atoms with Gasteiger partial charge in [-0.3, -0.25) is 5.84 Å². The summed E-state index contributed by atoms with van der Waals surface area (Å²) in [5, 5.41) is 3.17. The Morgan fingerprint density at radius 2 is 1.88 bits per heavy atom. The molecule has 0 aliphatic carbocycles. The predicted octanol–water partition coefficient (Wildman–Crippen LogP) is 3.12. The predicted molar refractivity (Wildman–Crippen MR) is 68.7 cm³/mol. The van der Waals surface area contributed by atoms with Gasteiger partial charge < -0.3 is 0 Å². The van der Waals surface area contributed by atoms with Gasteiger partial charge in [-0.15, -0.1) is 0 Å². The van der Waals surface area contributed by atoms with Gasteiger partial charge in [-0.2, -0.15) is 0 Å². The Kier molecular flexibility index (Phi) is 4.09. The first-order chi connectivity index (χ1) is 7.65. The molecule has 1 aliphatic heterocycles. The molecule has 0 radical (unpaired) electrons. The van der Waals surface area contributed by atoms with E-state index in [1.807, 2.05) is 17.1 Å². The van der Waals surface area contributed by atoms with Crippen molar-refractivity contribution in [2.45, 2.75) is 19.3 Å². The first-order valence-electron chi connectivity index (χ1n) is 5.58. The maximum absolute atomic E-state index is 5.99. The summed E-state index contributed by atoms with van der Waals surface area (Å²) in [5.41, 5.74) is 1.27. The van der Waals surface area contributed by atoms with Gasteiger partial charge in [-0.1, -0.05) is 29.3 Å². The van der Waals surface area contributed by atoms with Crippen molar-refractivity contribution < 1.29 is 0 Å². The number of nitrogens with zero attached hydrogens (tertiary/aromatic N) is 1. The van der Waals surface area contributed by atoms with Crippen molar-refractivity contribution in [2.24, 2.45) is 11.8 Å². The first kappa shape index (κ1) is 12.2. The lowest BCUT2D eigenvalue weighted by atomic mass is 9.91. The Hall–Kier alpha value is -0.280. The Bertz CT molecular complexity index is 360. The molecular formula is C12H16Cl2N2.